The number of unbranched alkanes of at least 4 members (excludes halogenated alkanes) is 5. The summed E-state index contributed by atoms with van der Waals surface area (Å²) in [5.74, 6) is -2.52. The molecule has 0 aliphatic heterocycles. The van der Waals surface area contributed by atoms with E-state index in [1.165, 1.54) is 0 Å². The maximum atomic E-state index is 11.2. The van der Waals surface area contributed by atoms with Gasteiger partial charge in [-0.15, -0.1) is 0 Å². The Bertz CT molecular complexity index is 394. The van der Waals surface area contributed by atoms with Gasteiger partial charge in [-0.05, 0) is 27.2 Å². The summed E-state index contributed by atoms with van der Waals surface area (Å²) in [5, 5.41) is 9.53. The van der Waals surface area contributed by atoms with Crippen LogP contribution in [0, 0.1) is 20.5 Å². The molecule has 10 nitrogen and oxygen atoms in total. The van der Waals surface area contributed by atoms with E-state index in [0.29, 0.717) is 6.42 Å². The van der Waals surface area contributed by atoms with Gasteiger partial charge in [0.15, 0.2) is 6.29 Å². The number of ether oxygens (including phenoxy) is 1. The Morgan fingerprint density at radius 1 is 0.846 bits per heavy atom. The van der Waals surface area contributed by atoms with Crippen LogP contribution < -0.4 is 28.0 Å². The lowest BCUT2D eigenvalue weighted by Gasteiger charge is -2.37. The van der Waals surface area contributed by atoms with Gasteiger partial charge in [-0.3, -0.25) is 0 Å². The molecule has 12 heteroatoms. The van der Waals surface area contributed by atoms with E-state index in [1.807, 2.05) is 6.92 Å². The molecular weight excluding hydrogens is 399 g/mol. The van der Waals surface area contributed by atoms with Crippen LogP contribution in [0.3, 0.4) is 0 Å². The normalized spacial score (nSPS) is 17.2. The zero-order valence-corrected chi connectivity index (χ0v) is 16.9. The lowest BCUT2D eigenvalue weighted by molar-refractivity contribution is -1.93. The van der Waals surface area contributed by atoms with Gasteiger partial charge < -0.3 is 9.84 Å². The molecule has 0 radical (unpaired) electrons. The Kier molecular flexibility index (Phi) is 10.7. The molecule has 0 saturated carbocycles. The molecule has 0 aliphatic carbocycles. The third kappa shape index (κ3) is 10.5. The SMILES string of the molecule is CCCCCCCCC(OC(C)O)(O[Cl+3]([O-])([O-])[O-])C(C)(C)O[Cl+3]([O-])([O-])[O-]. The van der Waals surface area contributed by atoms with E-state index in [0.717, 1.165) is 46.5 Å². The van der Waals surface area contributed by atoms with Crippen LogP contribution in [-0.4, -0.2) is 22.8 Å². The van der Waals surface area contributed by atoms with Crippen LogP contribution in [0.1, 0.15) is 72.6 Å². The third-order valence-electron chi connectivity index (χ3n) is 3.64. The Balaban J connectivity index is 5.47. The van der Waals surface area contributed by atoms with Crippen LogP contribution in [0.15, 0.2) is 0 Å². The zero-order chi connectivity index (χ0) is 20.6. The Hall–Kier alpha value is 0.180. The van der Waals surface area contributed by atoms with Gasteiger partial charge >= 0.3 is 5.79 Å². The molecule has 0 bridgehead atoms. The fourth-order valence-electron chi connectivity index (χ4n) is 2.51. The molecule has 0 fully saturated rings. The lowest BCUT2D eigenvalue weighted by Crippen LogP contribution is -2.73. The maximum absolute atomic E-state index is 11.2. The number of aliphatic hydroxyl groups excluding tert-OH is 1. The van der Waals surface area contributed by atoms with Crippen molar-refractivity contribution in [2.75, 3.05) is 0 Å². The summed E-state index contributed by atoms with van der Waals surface area (Å²) in [6.07, 6.45) is 2.70. The van der Waals surface area contributed by atoms with Crippen molar-refractivity contribution in [3.8, 4) is 0 Å². The third-order valence-corrected chi connectivity index (χ3v) is 4.66. The minimum atomic E-state index is -5.08. The van der Waals surface area contributed by atoms with E-state index in [9.17, 15) is 33.1 Å². The van der Waals surface area contributed by atoms with Crippen molar-refractivity contribution in [1.29, 1.82) is 0 Å². The first-order valence-corrected chi connectivity index (χ1v) is 10.7. The second kappa shape index (κ2) is 10.6. The summed E-state index contributed by atoms with van der Waals surface area (Å²) in [7, 11) is -10.1. The number of halogens is 2. The van der Waals surface area contributed by atoms with Gasteiger partial charge in [0.1, 0.15) is 4.29 Å². The standard InChI is InChI=1S/C14H28Cl2O10/c1-5-6-7-8-9-10-11-14(24-12(2)17,26-16(21,22)23)13(3,4)25-15(18,19)20/h12,17H,5-11H2,1-4H3. The van der Waals surface area contributed by atoms with Gasteiger partial charge in [-0.25, -0.2) is 0 Å². The molecule has 0 aromatic rings. The topological polar surface area (TPSA) is 186 Å². The molecule has 0 rings (SSSR count). The van der Waals surface area contributed by atoms with Crippen LogP contribution in [-0.2, 0) is 13.3 Å². The summed E-state index contributed by atoms with van der Waals surface area (Å²) < 4.78 is 80.3. The van der Waals surface area contributed by atoms with Crippen molar-refractivity contribution in [2.24, 2.45) is 0 Å². The number of hydrogen-bond donors (Lipinski definition) is 1. The van der Waals surface area contributed by atoms with Crippen molar-refractivity contribution >= 4 is 0 Å². The number of rotatable bonds is 14. The van der Waals surface area contributed by atoms with Crippen molar-refractivity contribution in [3.63, 3.8) is 0 Å². The van der Waals surface area contributed by atoms with E-state index >= 15 is 0 Å². The smallest absolute Gasteiger partial charge is 0.368 e. The molecular formula is C14H28Cl2O10. The minimum Gasteiger partial charge on any atom is -0.368 e. The second-order valence-corrected chi connectivity index (χ2v) is 8.23. The summed E-state index contributed by atoms with van der Waals surface area (Å²) >= 11 is 0. The molecule has 0 aliphatic rings. The molecule has 26 heavy (non-hydrogen) atoms. The monoisotopic (exact) mass is 426 g/mol. The van der Waals surface area contributed by atoms with Gasteiger partial charge in [0.25, 0.3) is 5.60 Å². The van der Waals surface area contributed by atoms with E-state index < -0.39 is 38.2 Å². The first kappa shape index (κ1) is 26.2. The highest BCUT2D eigenvalue weighted by atomic mass is 35.7. The van der Waals surface area contributed by atoms with Crippen molar-refractivity contribution in [3.05, 3.63) is 0 Å². The van der Waals surface area contributed by atoms with Gasteiger partial charge in [-0.2, -0.15) is 28.0 Å². The Morgan fingerprint density at radius 2 is 1.31 bits per heavy atom. The van der Waals surface area contributed by atoms with Crippen LogP contribution in [0.5, 0.6) is 0 Å². The first-order chi connectivity index (χ1) is 11.6. The molecule has 0 heterocycles. The van der Waals surface area contributed by atoms with Crippen molar-refractivity contribution in [1.82, 2.24) is 0 Å². The predicted octanol–water partition coefficient (Wildman–Crippen LogP) is -3.61. The summed E-state index contributed by atoms with van der Waals surface area (Å²) in [5.41, 5.74) is -2.22. The predicted molar refractivity (Wildman–Crippen MR) is 69.7 cm³/mol. The molecule has 0 saturated heterocycles. The molecule has 0 amide bonds. The van der Waals surface area contributed by atoms with Gasteiger partial charge in [0, 0.05) is 6.42 Å². The first-order valence-electron chi connectivity index (χ1n) is 8.23. The Morgan fingerprint density at radius 3 is 1.73 bits per heavy atom. The van der Waals surface area contributed by atoms with Crippen molar-refractivity contribution < 1.29 is 66.9 Å². The number of aliphatic hydroxyl groups is 1. The average Bonchev–Trinajstić information content (AvgIpc) is 2.37. The largest absolute Gasteiger partial charge is 0.370 e. The van der Waals surface area contributed by atoms with Gasteiger partial charge in [-0.1, -0.05) is 39.0 Å². The van der Waals surface area contributed by atoms with Gasteiger partial charge in [0.05, 0.1) is 24.8 Å². The van der Waals surface area contributed by atoms with Gasteiger partial charge in [0.2, 0.25) is 0 Å². The van der Waals surface area contributed by atoms with Crippen LogP contribution in [0.2, 0.25) is 0 Å². The lowest BCUT2D eigenvalue weighted by atomic mass is 9.91. The van der Waals surface area contributed by atoms with Crippen LogP contribution in [0.4, 0.5) is 0 Å². The van der Waals surface area contributed by atoms with E-state index in [2.05, 4.69) is 8.58 Å². The molecule has 2 unspecified atom stereocenters. The van der Waals surface area contributed by atoms with E-state index in [-0.39, 0.29) is 12.8 Å². The molecule has 2 atom stereocenters. The minimum absolute atomic E-state index is 0.268. The summed E-state index contributed by atoms with van der Waals surface area (Å²) in [6.45, 7) is 5.16. The molecule has 0 aromatic heterocycles. The second-order valence-electron chi connectivity index (χ2n) is 6.41. The fraction of sp³-hybridized carbons (Fsp3) is 1.00. The highest BCUT2D eigenvalue weighted by Crippen LogP contribution is 2.39. The Labute approximate surface area is 157 Å². The molecule has 0 aromatic carbocycles. The maximum Gasteiger partial charge on any atom is 0.370 e. The summed E-state index contributed by atoms with van der Waals surface area (Å²) in [6, 6.07) is 0. The highest BCUT2D eigenvalue weighted by Gasteiger charge is 2.67. The molecule has 0 spiro atoms. The number of hydrogen-bond acceptors (Lipinski definition) is 10. The molecule has 158 valence electrons. The zero-order valence-electron chi connectivity index (χ0n) is 15.4. The molecule has 1 N–H and O–H groups in total. The van der Waals surface area contributed by atoms with E-state index in [1.54, 1.807) is 0 Å². The van der Waals surface area contributed by atoms with E-state index in [4.69, 9.17) is 4.74 Å². The fourth-order valence-corrected chi connectivity index (χ4v) is 3.71. The quantitative estimate of drug-likeness (QED) is 0.214. The van der Waals surface area contributed by atoms with Crippen LogP contribution in [0.25, 0.3) is 0 Å². The average molecular weight is 427 g/mol. The van der Waals surface area contributed by atoms with Crippen molar-refractivity contribution in [2.45, 2.75) is 90.3 Å². The van der Waals surface area contributed by atoms with Crippen LogP contribution >= 0.6 is 0 Å². The summed E-state index contributed by atoms with van der Waals surface area (Å²) in [4.78, 5) is 0. The highest BCUT2D eigenvalue weighted by molar-refractivity contribution is 4.88.